The molecule has 0 aliphatic rings. The molecule has 1 N–H and O–H groups in total. The zero-order valence-corrected chi connectivity index (χ0v) is 11.4. The lowest BCUT2D eigenvalue weighted by Crippen LogP contribution is -2.41. The molecule has 0 radical (unpaired) electrons. The van der Waals surface area contributed by atoms with Gasteiger partial charge in [0, 0.05) is 17.3 Å². The Morgan fingerprint density at radius 2 is 1.94 bits per heavy atom. The van der Waals surface area contributed by atoms with Crippen molar-refractivity contribution in [2.75, 3.05) is 0 Å². The first-order valence-corrected chi connectivity index (χ1v) is 5.93. The number of nitrogens with one attached hydrogen (secondary N) is 1. The Balaban J connectivity index is 2.43. The first-order chi connectivity index (χ1) is 8.26. The van der Waals surface area contributed by atoms with Gasteiger partial charge in [0.1, 0.15) is 5.69 Å². The minimum atomic E-state index is -0.269. The highest BCUT2D eigenvalue weighted by molar-refractivity contribution is 5.93. The van der Waals surface area contributed by atoms with Crippen molar-refractivity contribution in [3.8, 4) is 0 Å². The number of hydrogen-bond acceptors (Lipinski definition) is 3. The van der Waals surface area contributed by atoms with Crippen molar-refractivity contribution >= 4 is 11.6 Å². The SMILES string of the molecule is Cc1cc2nc(C(=O)NC(C)(C)C)cc(C)n2n1. The molecule has 0 saturated carbocycles. The van der Waals surface area contributed by atoms with Gasteiger partial charge in [-0.15, -0.1) is 0 Å². The zero-order chi connectivity index (χ0) is 13.5. The summed E-state index contributed by atoms with van der Waals surface area (Å²) in [6.07, 6.45) is 0. The van der Waals surface area contributed by atoms with Gasteiger partial charge in [0.15, 0.2) is 5.65 Å². The average molecular weight is 246 g/mol. The lowest BCUT2D eigenvalue weighted by atomic mass is 10.1. The van der Waals surface area contributed by atoms with Gasteiger partial charge in [-0.3, -0.25) is 4.79 Å². The predicted octanol–water partition coefficient (Wildman–Crippen LogP) is 1.87. The topological polar surface area (TPSA) is 59.3 Å². The van der Waals surface area contributed by atoms with Crippen LogP contribution in [0.2, 0.25) is 0 Å². The second-order valence-corrected chi connectivity index (χ2v) is 5.54. The molecule has 0 atom stereocenters. The highest BCUT2D eigenvalue weighted by atomic mass is 16.2. The number of hydrogen-bond donors (Lipinski definition) is 1. The Morgan fingerprint density at radius 1 is 1.28 bits per heavy atom. The molecule has 0 aliphatic heterocycles. The van der Waals surface area contributed by atoms with Crippen LogP contribution in [-0.4, -0.2) is 26.0 Å². The van der Waals surface area contributed by atoms with Gasteiger partial charge in [0.2, 0.25) is 0 Å². The highest BCUT2D eigenvalue weighted by Crippen LogP contribution is 2.10. The number of nitrogens with zero attached hydrogens (tertiary/aromatic N) is 3. The number of rotatable bonds is 1. The third-order valence-corrected chi connectivity index (χ3v) is 2.45. The smallest absolute Gasteiger partial charge is 0.270 e. The molecule has 0 bridgehead atoms. The van der Waals surface area contributed by atoms with Crippen LogP contribution in [-0.2, 0) is 0 Å². The number of fused-ring (bicyclic) bond motifs is 1. The molecule has 5 heteroatoms. The molecule has 0 aromatic carbocycles. The molecule has 5 nitrogen and oxygen atoms in total. The van der Waals surface area contributed by atoms with Crippen LogP contribution in [0.1, 0.15) is 42.6 Å². The Hall–Kier alpha value is -1.91. The molecule has 0 unspecified atom stereocenters. The molecule has 0 saturated heterocycles. The summed E-state index contributed by atoms with van der Waals surface area (Å²) in [7, 11) is 0. The van der Waals surface area contributed by atoms with Gasteiger partial charge < -0.3 is 5.32 Å². The second kappa shape index (κ2) is 4.08. The van der Waals surface area contributed by atoms with Gasteiger partial charge in [-0.1, -0.05) is 0 Å². The minimum Gasteiger partial charge on any atom is -0.346 e. The van der Waals surface area contributed by atoms with Crippen LogP contribution < -0.4 is 5.32 Å². The van der Waals surface area contributed by atoms with Crippen LogP contribution in [0.3, 0.4) is 0 Å². The Labute approximate surface area is 106 Å². The number of amides is 1. The fourth-order valence-corrected chi connectivity index (χ4v) is 1.76. The van der Waals surface area contributed by atoms with Gasteiger partial charge >= 0.3 is 0 Å². The van der Waals surface area contributed by atoms with Gasteiger partial charge in [0.25, 0.3) is 5.91 Å². The van der Waals surface area contributed by atoms with E-state index in [2.05, 4.69) is 15.4 Å². The van der Waals surface area contributed by atoms with E-state index >= 15 is 0 Å². The first kappa shape index (κ1) is 12.5. The van der Waals surface area contributed by atoms with E-state index < -0.39 is 0 Å². The van der Waals surface area contributed by atoms with Crippen molar-refractivity contribution in [3.63, 3.8) is 0 Å². The van der Waals surface area contributed by atoms with E-state index in [1.165, 1.54) is 0 Å². The number of carbonyl (C=O) groups excluding carboxylic acids is 1. The molecular formula is C13H18N4O. The molecule has 0 aliphatic carbocycles. The number of carbonyl (C=O) groups is 1. The average Bonchev–Trinajstić information content (AvgIpc) is 2.56. The van der Waals surface area contributed by atoms with E-state index in [0.717, 1.165) is 11.4 Å². The Morgan fingerprint density at radius 3 is 2.56 bits per heavy atom. The van der Waals surface area contributed by atoms with Gasteiger partial charge in [0.05, 0.1) is 5.69 Å². The maximum atomic E-state index is 12.1. The maximum absolute atomic E-state index is 12.1. The molecule has 96 valence electrons. The van der Waals surface area contributed by atoms with Gasteiger partial charge in [-0.25, -0.2) is 9.50 Å². The lowest BCUT2D eigenvalue weighted by Gasteiger charge is -2.20. The maximum Gasteiger partial charge on any atom is 0.270 e. The Kier molecular flexibility index (Phi) is 2.84. The van der Waals surface area contributed by atoms with Gasteiger partial charge in [-0.2, -0.15) is 5.10 Å². The molecule has 2 aromatic rings. The van der Waals surface area contributed by atoms with E-state index in [1.54, 1.807) is 10.6 Å². The van der Waals surface area contributed by atoms with Crippen molar-refractivity contribution in [1.82, 2.24) is 19.9 Å². The van der Waals surface area contributed by atoms with Gasteiger partial charge in [-0.05, 0) is 40.7 Å². The summed E-state index contributed by atoms with van der Waals surface area (Å²) in [5, 5.41) is 7.21. The molecule has 0 fully saturated rings. The zero-order valence-electron chi connectivity index (χ0n) is 11.4. The summed E-state index contributed by atoms with van der Waals surface area (Å²) in [4.78, 5) is 16.4. The van der Waals surface area contributed by atoms with E-state index in [1.807, 2.05) is 40.7 Å². The van der Waals surface area contributed by atoms with Crippen LogP contribution in [0, 0.1) is 13.8 Å². The summed E-state index contributed by atoms with van der Waals surface area (Å²) < 4.78 is 1.74. The number of aryl methyl sites for hydroxylation is 2. The highest BCUT2D eigenvalue weighted by Gasteiger charge is 2.17. The van der Waals surface area contributed by atoms with Crippen LogP contribution >= 0.6 is 0 Å². The van der Waals surface area contributed by atoms with E-state index in [0.29, 0.717) is 11.3 Å². The van der Waals surface area contributed by atoms with E-state index in [4.69, 9.17) is 0 Å². The molecule has 2 rings (SSSR count). The van der Waals surface area contributed by atoms with Crippen molar-refractivity contribution in [2.24, 2.45) is 0 Å². The summed E-state index contributed by atoms with van der Waals surface area (Å²) >= 11 is 0. The quantitative estimate of drug-likeness (QED) is 0.835. The summed E-state index contributed by atoms with van der Waals surface area (Å²) in [5.74, 6) is -0.160. The molecule has 0 spiro atoms. The number of aromatic nitrogens is 3. The second-order valence-electron chi connectivity index (χ2n) is 5.54. The van der Waals surface area contributed by atoms with Crippen molar-refractivity contribution in [2.45, 2.75) is 40.2 Å². The fourth-order valence-electron chi connectivity index (χ4n) is 1.76. The summed E-state index contributed by atoms with van der Waals surface area (Å²) in [6, 6.07) is 3.61. The third kappa shape index (κ3) is 2.50. The van der Waals surface area contributed by atoms with E-state index in [9.17, 15) is 4.79 Å². The van der Waals surface area contributed by atoms with Crippen molar-refractivity contribution in [3.05, 3.63) is 29.2 Å². The van der Waals surface area contributed by atoms with Crippen molar-refractivity contribution < 1.29 is 4.79 Å². The monoisotopic (exact) mass is 246 g/mol. The van der Waals surface area contributed by atoms with Crippen molar-refractivity contribution in [1.29, 1.82) is 0 Å². The lowest BCUT2D eigenvalue weighted by molar-refractivity contribution is 0.0914. The minimum absolute atomic E-state index is 0.160. The molecule has 2 aromatic heterocycles. The van der Waals surface area contributed by atoms with Crippen LogP contribution in [0.4, 0.5) is 0 Å². The van der Waals surface area contributed by atoms with Crippen LogP contribution in [0.5, 0.6) is 0 Å². The predicted molar refractivity (Wildman–Crippen MR) is 69.7 cm³/mol. The normalized spacial score (nSPS) is 11.8. The molecule has 18 heavy (non-hydrogen) atoms. The third-order valence-electron chi connectivity index (χ3n) is 2.45. The van der Waals surface area contributed by atoms with Crippen LogP contribution in [0.15, 0.2) is 12.1 Å². The molecule has 2 heterocycles. The fraction of sp³-hybridized carbons (Fsp3) is 0.462. The standard InChI is InChI=1S/C13H18N4O/c1-8-6-11-14-10(7-9(2)17(11)16-8)12(18)15-13(3,4)5/h6-7H,1-5H3,(H,15,18). The summed E-state index contributed by atoms with van der Waals surface area (Å²) in [5.41, 5.74) is 2.64. The largest absolute Gasteiger partial charge is 0.346 e. The molecule has 1 amide bonds. The first-order valence-electron chi connectivity index (χ1n) is 5.93. The Bertz CT molecular complexity index is 607. The molecular weight excluding hydrogens is 228 g/mol. The van der Waals surface area contributed by atoms with E-state index in [-0.39, 0.29) is 11.4 Å². The summed E-state index contributed by atoms with van der Waals surface area (Å²) in [6.45, 7) is 9.65. The van der Waals surface area contributed by atoms with Crippen LogP contribution in [0.25, 0.3) is 5.65 Å².